The third-order valence-electron chi connectivity index (χ3n) is 3.28. The first-order valence-corrected chi connectivity index (χ1v) is 6.77. The maximum atomic E-state index is 13.3. The molecule has 0 aromatic carbocycles. The summed E-state index contributed by atoms with van der Waals surface area (Å²) in [6, 6.07) is 0. The second-order valence-electron chi connectivity index (χ2n) is 4.50. The van der Waals surface area contributed by atoms with Crippen LogP contribution in [0.25, 0.3) is 0 Å². The largest absolute Gasteiger partial charge is 0.500 e. The van der Waals surface area contributed by atoms with Crippen LogP contribution in [0.15, 0.2) is 35.5 Å². The molecular weight excluding hydrogens is 283 g/mol. The van der Waals surface area contributed by atoms with Crippen LogP contribution in [0.4, 0.5) is 4.39 Å². The number of halogens is 1. The van der Waals surface area contributed by atoms with E-state index >= 15 is 0 Å². The topological polar surface area (TPSA) is 61.8 Å². The average molecular weight is 300 g/mol. The Kier molecular flexibility index (Phi) is 4.72. The van der Waals surface area contributed by atoms with Crippen molar-refractivity contribution in [1.82, 2.24) is 10.2 Å². The van der Waals surface area contributed by atoms with Gasteiger partial charge in [-0.3, -0.25) is 4.79 Å². The van der Waals surface area contributed by atoms with Crippen LogP contribution in [-0.4, -0.2) is 41.7 Å². The van der Waals surface area contributed by atoms with Crippen molar-refractivity contribution in [3.63, 3.8) is 0 Å². The van der Waals surface area contributed by atoms with Crippen LogP contribution in [-0.2, 0) is 9.53 Å². The predicted molar refractivity (Wildman–Crippen MR) is 75.2 cm³/mol. The molecule has 1 heterocycles. The van der Waals surface area contributed by atoms with Crippen molar-refractivity contribution >= 4 is 18.5 Å². The minimum atomic E-state index is -0.525. The van der Waals surface area contributed by atoms with Crippen molar-refractivity contribution in [3.8, 4) is 0 Å². The number of allylic oxidation sites excluding steroid dienone is 3. The van der Waals surface area contributed by atoms with Gasteiger partial charge in [-0.1, -0.05) is 0 Å². The summed E-state index contributed by atoms with van der Waals surface area (Å²) < 4.78 is 18.5. The summed E-state index contributed by atoms with van der Waals surface area (Å²) in [5.41, 5.74) is 0.142. The van der Waals surface area contributed by atoms with Gasteiger partial charge in [0.25, 0.3) is 0 Å². The first kappa shape index (κ1) is 14.9. The summed E-state index contributed by atoms with van der Waals surface area (Å²) in [5.74, 6) is -0.420. The molecule has 1 aliphatic carbocycles. The number of nitrogens with one attached hydrogen (secondary N) is 1. The standard InChI is InChI=1S/C13H17FN2O3S/c1-19-11-6-8(14)2-3-9(11)10-7-12(18)15-13(20)16(10)4-5-17/h2,6-7,9,13,17,20H,3-5H2,1H3,(H,15,18)/t9-,13?/m1/s1. The van der Waals surface area contributed by atoms with Crippen molar-refractivity contribution in [2.24, 2.45) is 5.92 Å². The molecule has 20 heavy (non-hydrogen) atoms. The van der Waals surface area contributed by atoms with Crippen LogP contribution in [0.5, 0.6) is 0 Å². The maximum absolute atomic E-state index is 13.3. The van der Waals surface area contributed by atoms with Gasteiger partial charge in [0, 0.05) is 24.4 Å². The van der Waals surface area contributed by atoms with E-state index in [2.05, 4.69) is 17.9 Å². The van der Waals surface area contributed by atoms with Gasteiger partial charge in [0.15, 0.2) is 0 Å². The minimum absolute atomic E-state index is 0.0762. The molecule has 0 bridgehead atoms. The number of rotatable bonds is 4. The third kappa shape index (κ3) is 2.99. The molecule has 0 aromatic heterocycles. The molecule has 2 aliphatic rings. The molecule has 5 nitrogen and oxygen atoms in total. The molecule has 0 aromatic rings. The fourth-order valence-electron chi connectivity index (χ4n) is 2.37. The number of methoxy groups -OCH3 is 1. The number of aliphatic hydroxyl groups excluding tert-OH is 1. The molecule has 0 fully saturated rings. The van der Waals surface area contributed by atoms with Gasteiger partial charge in [-0.2, -0.15) is 0 Å². The summed E-state index contributed by atoms with van der Waals surface area (Å²) >= 11 is 4.30. The Bertz CT molecular complexity index is 490. The fraction of sp³-hybridized carbons (Fsp3) is 0.462. The smallest absolute Gasteiger partial charge is 0.247 e. The highest BCUT2D eigenvalue weighted by Crippen LogP contribution is 2.34. The van der Waals surface area contributed by atoms with E-state index in [-0.39, 0.29) is 24.3 Å². The number of amides is 1. The highest BCUT2D eigenvalue weighted by Gasteiger charge is 2.32. The number of carbonyl (C=O) groups is 1. The highest BCUT2D eigenvalue weighted by molar-refractivity contribution is 7.80. The van der Waals surface area contributed by atoms with E-state index in [1.165, 1.54) is 25.3 Å². The molecule has 2 N–H and O–H groups in total. The summed E-state index contributed by atoms with van der Waals surface area (Å²) in [5, 5.41) is 11.8. The molecule has 0 saturated carbocycles. The first-order chi connectivity index (χ1) is 9.56. The van der Waals surface area contributed by atoms with E-state index in [1.807, 2.05) is 0 Å². The molecular formula is C13H17FN2O3S. The van der Waals surface area contributed by atoms with Crippen molar-refractivity contribution in [2.45, 2.75) is 11.9 Å². The molecule has 7 heteroatoms. The average Bonchev–Trinajstić information content (AvgIpc) is 2.41. The predicted octanol–water partition coefficient (Wildman–Crippen LogP) is 0.911. The summed E-state index contributed by atoms with van der Waals surface area (Å²) in [4.78, 5) is 13.4. The van der Waals surface area contributed by atoms with E-state index in [9.17, 15) is 9.18 Å². The van der Waals surface area contributed by atoms with Crippen LogP contribution in [0, 0.1) is 5.92 Å². The van der Waals surface area contributed by atoms with E-state index in [0.717, 1.165) is 0 Å². The van der Waals surface area contributed by atoms with Gasteiger partial charge in [-0.15, -0.1) is 12.6 Å². The number of thiol groups is 1. The van der Waals surface area contributed by atoms with Crippen molar-refractivity contribution in [3.05, 3.63) is 35.5 Å². The van der Waals surface area contributed by atoms with E-state index < -0.39 is 5.50 Å². The Morgan fingerprint density at radius 3 is 3.00 bits per heavy atom. The Morgan fingerprint density at radius 2 is 2.35 bits per heavy atom. The Labute approximate surface area is 122 Å². The van der Waals surface area contributed by atoms with Gasteiger partial charge in [-0.05, 0) is 12.5 Å². The number of ether oxygens (including phenoxy) is 1. The second-order valence-corrected chi connectivity index (χ2v) is 4.99. The fourth-order valence-corrected chi connectivity index (χ4v) is 2.75. The zero-order chi connectivity index (χ0) is 14.7. The molecule has 1 amide bonds. The van der Waals surface area contributed by atoms with E-state index in [1.54, 1.807) is 4.90 Å². The van der Waals surface area contributed by atoms with E-state index in [0.29, 0.717) is 24.4 Å². The van der Waals surface area contributed by atoms with Gasteiger partial charge < -0.3 is 20.1 Å². The Balaban J connectivity index is 2.33. The number of hydrogen-bond donors (Lipinski definition) is 3. The summed E-state index contributed by atoms with van der Waals surface area (Å²) in [6.45, 7) is 0.243. The molecule has 0 spiro atoms. The quantitative estimate of drug-likeness (QED) is 0.676. The lowest BCUT2D eigenvalue weighted by Gasteiger charge is -2.39. The van der Waals surface area contributed by atoms with Gasteiger partial charge in [-0.25, -0.2) is 4.39 Å². The number of hydrogen-bond acceptors (Lipinski definition) is 5. The zero-order valence-electron chi connectivity index (χ0n) is 11.0. The molecule has 2 atom stereocenters. The van der Waals surface area contributed by atoms with Crippen molar-refractivity contribution < 1.29 is 19.0 Å². The summed E-state index contributed by atoms with van der Waals surface area (Å²) in [6.07, 6.45) is 4.60. The van der Waals surface area contributed by atoms with Gasteiger partial charge >= 0.3 is 0 Å². The van der Waals surface area contributed by atoms with Crippen LogP contribution >= 0.6 is 12.6 Å². The Morgan fingerprint density at radius 1 is 1.60 bits per heavy atom. The molecule has 110 valence electrons. The van der Waals surface area contributed by atoms with Crippen LogP contribution < -0.4 is 5.32 Å². The number of aliphatic hydroxyl groups is 1. The first-order valence-electron chi connectivity index (χ1n) is 6.25. The van der Waals surface area contributed by atoms with Crippen molar-refractivity contribution in [2.75, 3.05) is 20.3 Å². The van der Waals surface area contributed by atoms with Gasteiger partial charge in [0.1, 0.15) is 17.1 Å². The molecule has 0 saturated heterocycles. The number of carbonyl (C=O) groups excluding carboxylic acids is 1. The number of nitrogens with zero attached hydrogens (tertiary/aromatic N) is 1. The normalized spacial score (nSPS) is 26.5. The molecule has 1 aliphatic heterocycles. The maximum Gasteiger partial charge on any atom is 0.247 e. The second kappa shape index (κ2) is 6.32. The van der Waals surface area contributed by atoms with Crippen molar-refractivity contribution in [1.29, 1.82) is 0 Å². The van der Waals surface area contributed by atoms with Crippen LogP contribution in [0.2, 0.25) is 0 Å². The molecule has 0 radical (unpaired) electrons. The van der Waals surface area contributed by atoms with Gasteiger partial charge in [0.05, 0.1) is 19.6 Å². The van der Waals surface area contributed by atoms with Crippen LogP contribution in [0.3, 0.4) is 0 Å². The summed E-state index contributed by atoms with van der Waals surface area (Å²) in [7, 11) is 1.47. The third-order valence-corrected chi connectivity index (χ3v) is 3.69. The lowest BCUT2D eigenvalue weighted by atomic mass is 9.92. The monoisotopic (exact) mass is 300 g/mol. The van der Waals surface area contributed by atoms with Gasteiger partial charge in [0.2, 0.25) is 5.91 Å². The molecule has 1 unspecified atom stereocenters. The molecule has 2 rings (SSSR count). The SMILES string of the molecule is COC1=CC(F)=CC[C@@H]1C1=CC(=O)NC(S)N1CCO. The highest BCUT2D eigenvalue weighted by atomic mass is 32.1. The lowest BCUT2D eigenvalue weighted by molar-refractivity contribution is -0.118. The zero-order valence-corrected chi connectivity index (χ0v) is 11.9. The lowest BCUT2D eigenvalue weighted by Crippen LogP contribution is -2.50. The minimum Gasteiger partial charge on any atom is -0.500 e. The number of β-amino-alcohol motifs (C(OH)–C–C–N with tert-alkyl or cyclic N) is 1. The Hall–Kier alpha value is -1.47. The van der Waals surface area contributed by atoms with Crippen LogP contribution in [0.1, 0.15) is 6.42 Å². The van der Waals surface area contributed by atoms with E-state index in [4.69, 9.17) is 9.84 Å².